The predicted molar refractivity (Wildman–Crippen MR) is 109 cm³/mol. The first-order valence-corrected chi connectivity index (χ1v) is 9.92. The van der Waals surface area contributed by atoms with Crippen LogP contribution in [0, 0.1) is 0 Å². The van der Waals surface area contributed by atoms with E-state index >= 15 is 0 Å². The van der Waals surface area contributed by atoms with Gasteiger partial charge in [-0.2, -0.15) is 0 Å². The van der Waals surface area contributed by atoms with Gasteiger partial charge < -0.3 is 19.8 Å². The summed E-state index contributed by atoms with van der Waals surface area (Å²) in [6.45, 7) is 16.0. The summed E-state index contributed by atoms with van der Waals surface area (Å²) in [6.07, 6.45) is 3.66. The van der Waals surface area contributed by atoms with Gasteiger partial charge >= 0.3 is 0 Å². The van der Waals surface area contributed by atoms with Crippen LogP contribution in [0.15, 0.2) is 27.8 Å². The van der Waals surface area contributed by atoms with Crippen LogP contribution in [-0.2, 0) is 11.3 Å². The molecule has 0 bridgehead atoms. The van der Waals surface area contributed by atoms with Crippen molar-refractivity contribution in [3.8, 4) is 0 Å². The van der Waals surface area contributed by atoms with Crippen molar-refractivity contribution in [2.24, 2.45) is 4.99 Å². The number of furan rings is 1. The summed E-state index contributed by atoms with van der Waals surface area (Å²) in [4.78, 5) is 7.13. The highest BCUT2D eigenvalue weighted by Gasteiger charge is 2.12. The first kappa shape index (κ1) is 22.5. The van der Waals surface area contributed by atoms with Crippen molar-refractivity contribution < 1.29 is 9.15 Å². The van der Waals surface area contributed by atoms with Gasteiger partial charge in [-0.15, -0.1) is 0 Å². The fraction of sp³-hybridized carbons (Fsp3) is 0.750. The van der Waals surface area contributed by atoms with Gasteiger partial charge in [-0.05, 0) is 59.6 Å². The van der Waals surface area contributed by atoms with Crippen LogP contribution in [0.4, 0.5) is 0 Å². The van der Waals surface area contributed by atoms with Crippen LogP contribution >= 0.6 is 0 Å². The molecule has 0 aliphatic carbocycles. The third kappa shape index (κ3) is 9.82. The monoisotopic (exact) mass is 366 g/mol. The number of hydrogen-bond acceptors (Lipinski definition) is 4. The maximum atomic E-state index is 5.58. The van der Waals surface area contributed by atoms with Crippen LogP contribution in [-0.4, -0.2) is 55.7 Å². The van der Waals surface area contributed by atoms with E-state index in [0.29, 0.717) is 25.3 Å². The smallest absolute Gasteiger partial charge is 0.191 e. The van der Waals surface area contributed by atoms with Gasteiger partial charge in [-0.1, -0.05) is 0 Å². The normalized spacial score (nSPS) is 12.4. The van der Waals surface area contributed by atoms with Crippen molar-refractivity contribution in [2.45, 2.75) is 66.2 Å². The van der Waals surface area contributed by atoms with Crippen LogP contribution in [0.5, 0.6) is 0 Å². The quantitative estimate of drug-likeness (QED) is 0.319. The lowest BCUT2D eigenvalue weighted by Gasteiger charge is -2.30. The molecule has 0 fully saturated rings. The average molecular weight is 367 g/mol. The lowest BCUT2D eigenvalue weighted by atomic mass is 10.2. The highest BCUT2D eigenvalue weighted by molar-refractivity contribution is 5.79. The first-order chi connectivity index (χ1) is 12.5. The zero-order valence-electron chi connectivity index (χ0n) is 17.3. The van der Waals surface area contributed by atoms with E-state index in [1.165, 1.54) is 0 Å². The van der Waals surface area contributed by atoms with E-state index in [4.69, 9.17) is 9.15 Å². The molecule has 0 unspecified atom stereocenters. The maximum Gasteiger partial charge on any atom is 0.191 e. The predicted octanol–water partition coefficient (Wildman–Crippen LogP) is 3.25. The van der Waals surface area contributed by atoms with Crippen LogP contribution in [0.25, 0.3) is 0 Å². The molecule has 6 nitrogen and oxygen atoms in total. The second kappa shape index (κ2) is 13.6. The number of ether oxygens (including phenoxy) is 1. The Morgan fingerprint density at radius 1 is 1.19 bits per heavy atom. The third-order valence-corrected chi connectivity index (χ3v) is 4.10. The first-order valence-electron chi connectivity index (χ1n) is 9.92. The summed E-state index contributed by atoms with van der Waals surface area (Å²) in [7, 11) is 0. The van der Waals surface area contributed by atoms with E-state index in [0.717, 1.165) is 50.7 Å². The van der Waals surface area contributed by atoms with Crippen molar-refractivity contribution in [1.82, 2.24) is 15.5 Å². The Labute approximate surface area is 159 Å². The van der Waals surface area contributed by atoms with Gasteiger partial charge in [0.1, 0.15) is 12.4 Å². The standard InChI is InChI=1S/C20H38N4O2/c1-6-21-20(22-11-8-13-24(17(2)3)18(4)5)23-12-9-14-25-16-19-10-7-15-26-19/h7,10,15,17-18H,6,8-9,11-14,16H2,1-5H3,(H2,21,22,23). The highest BCUT2D eigenvalue weighted by atomic mass is 16.5. The molecule has 1 heterocycles. The van der Waals surface area contributed by atoms with Crippen LogP contribution in [0.1, 0.15) is 53.2 Å². The summed E-state index contributed by atoms with van der Waals surface area (Å²) < 4.78 is 10.8. The van der Waals surface area contributed by atoms with Crippen molar-refractivity contribution in [1.29, 1.82) is 0 Å². The van der Waals surface area contributed by atoms with E-state index in [1.807, 2.05) is 12.1 Å². The molecule has 1 rings (SSSR count). The van der Waals surface area contributed by atoms with Gasteiger partial charge in [0.05, 0.1) is 6.26 Å². The van der Waals surface area contributed by atoms with Crippen molar-refractivity contribution in [2.75, 3.05) is 32.8 Å². The van der Waals surface area contributed by atoms with Crippen molar-refractivity contribution in [3.63, 3.8) is 0 Å². The summed E-state index contributed by atoms with van der Waals surface area (Å²) in [5.74, 6) is 1.75. The number of rotatable bonds is 13. The molecule has 0 aliphatic heterocycles. The summed E-state index contributed by atoms with van der Waals surface area (Å²) in [5.41, 5.74) is 0. The Morgan fingerprint density at radius 3 is 2.58 bits per heavy atom. The third-order valence-electron chi connectivity index (χ3n) is 4.10. The van der Waals surface area contributed by atoms with E-state index in [9.17, 15) is 0 Å². The molecule has 0 aliphatic rings. The van der Waals surface area contributed by atoms with E-state index in [1.54, 1.807) is 6.26 Å². The molecule has 0 saturated heterocycles. The van der Waals surface area contributed by atoms with Crippen LogP contribution < -0.4 is 10.6 Å². The SMILES string of the molecule is CCNC(=NCCCOCc1ccco1)NCCCN(C(C)C)C(C)C. The molecule has 0 saturated carbocycles. The molecule has 26 heavy (non-hydrogen) atoms. The van der Waals surface area contributed by atoms with Crippen LogP contribution in [0.2, 0.25) is 0 Å². The number of nitrogens with zero attached hydrogens (tertiary/aromatic N) is 2. The molecule has 6 heteroatoms. The molecule has 2 N–H and O–H groups in total. The van der Waals surface area contributed by atoms with Gasteiger partial charge in [0.25, 0.3) is 0 Å². The molecule has 0 radical (unpaired) electrons. The van der Waals surface area contributed by atoms with E-state index < -0.39 is 0 Å². The van der Waals surface area contributed by atoms with Gasteiger partial charge in [-0.25, -0.2) is 0 Å². The fourth-order valence-electron chi connectivity index (χ4n) is 2.85. The molecule has 0 atom stereocenters. The molecule has 0 amide bonds. The molecule has 1 aromatic rings. The average Bonchev–Trinajstić information content (AvgIpc) is 3.10. The summed E-state index contributed by atoms with van der Waals surface area (Å²) >= 11 is 0. The Balaban J connectivity index is 2.19. The maximum absolute atomic E-state index is 5.58. The molecule has 0 spiro atoms. The number of hydrogen-bond donors (Lipinski definition) is 2. The Bertz CT molecular complexity index is 464. The second-order valence-electron chi connectivity index (χ2n) is 6.95. The van der Waals surface area contributed by atoms with Gasteiger partial charge in [0.15, 0.2) is 5.96 Å². The van der Waals surface area contributed by atoms with Crippen molar-refractivity contribution in [3.05, 3.63) is 24.2 Å². The topological polar surface area (TPSA) is 62.0 Å². The minimum atomic E-state index is 0.525. The Hall–Kier alpha value is -1.53. The largest absolute Gasteiger partial charge is 0.467 e. The number of guanidine groups is 1. The zero-order valence-corrected chi connectivity index (χ0v) is 17.3. The Kier molecular flexibility index (Phi) is 11.8. The van der Waals surface area contributed by atoms with E-state index in [-0.39, 0.29) is 0 Å². The fourth-order valence-corrected chi connectivity index (χ4v) is 2.85. The minimum absolute atomic E-state index is 0.525. The summed E-state index contributed by atoms with van der Waals surface area (Å²) in [5, 5.41) is 6.72. The zero-order chi connectivity index (χ0) is 19.2. The number of nitrogens with one attached hydrogen (secondary N) is 2. The van der Waals surface area contributed by atoms with Gasteiger partial charge in [0, 0.05) is 44.9 Å². The Morgan fingerprint density at radius 2 is 1.96 bits per heavy atom. The molecular weight excluding hydrogens is 328 g/mol. The van der Waals surface area contributed by atoms with Gasteiger partial charge in [0.2, 0.25) is 0 Å². The second-order valence-corrected chi connectivity index (χ2v) is 6.95. The molecule has 150 valence electrons. The molecule has 0 aromatic carbocycles. The van der Waals surface area contributed by atoms with E-state index in [2.05, 4.69) is 55.1 Å². The lowest BCUT2D eigenvalue weighted by molar-refractivity contribution is 0.105. The van der Waals surface area contributed by atoms with Gasteiger partial charge in [-0.3, -0.25) is 9.89 Å². The summed E-state index contributed by atoms with van der Waals surface area (Å²) in [6, 6.07) is 4.96. The minimum Gasteiger partial charge on any atom is -0.467 e. The molecular formula is C20H38N4O2. The number of aliphatic imine (C=N–C) groups is 1. The van der Waals surface area contributed by atoms with Crippen molar-refractivity contribution >= 4 is 5.96 Å². The highest BCUT2D eigenvalue weighted by Crippen LogP contribution is 2.05. The molecule has 1 aromatic heterocycles. The lowest BCUT2D eigenvalue weighted by Crippen LogP contribution is -2.41. The van der Waals surface area contributed by atoms with Crippen LogP contribution in [0.3, 0.4) is 0 Å².